The lowest BCUT2D eigenvalue weighted by molar-refractivity contribution is -0.117. The number of hydrogen-bond donors (Lipinski definition) is 1. The van der Waals surface area contributed by atoms with Crippen molar-refractivity contribution in [2.24, 2.45) is 5.41 Å². The van der Waals surface area contributed by atoms with Crippen LogP contribution in [0.4, 0.5) is 5.82 Å². The van der Waals surface area contributed by atoms with Gasteiger partial charge in [0, 0.05) is 24.4 Å². The van der Waals surface area contributed by atoms with Crippen LogP contribution in [0.15, 0.2) is 28.5 Å². The average molecular weight is 351 g/mol. The maximum atomic E-state index is 11.8. The number of carbonyl (C=O) groups is 1. The van der Waals surface area contributed by atoms with Crippen LogP contribution in [-0.2, 0) is 10.2 Å². The van der Waals surface area contributed by atoms with Crippen molar-refractivity contribution in [1.29, 1.82) is 0 Å². The highest BCUT2D eigenvalue weighted by atomic mass is 79.9. The number of nitrogens with one attached hydrogen (secondary N) is 1. The standard InChI is InChI=1S/C17H23BrN2O/c1-16(2,3)11-6-14(18)15(19-10-11)20-12-7-13(21)9-17(4,5)8-12/h6-7,10H,8-9H2,1-5H3,(H,19,20). The van der Waals surface area contributed by atoms with E-state index in [0.717, 1.165) is 22.4 Å². The third-order valence-electron chi connectivity index (χ3n) is 3.64. The van der Waals surface area contributed by atoms with Crippen LogP contribution in [0.5, 0.6) is 0 Å². The fourth-order valence-electron chi connectivity index (χ4n) is 2.52. The molecular formula is C17H23BrN2O. The van der Waals surface area contributed by atoms with E-state index < -0.39 is 0 Å². The van der Waals surface area contributed by atoms with Gasteiger partial charge < -0.3 is 5.32 Å². The van der Waals surface area contributed by atoms with Crippen LogP contribution >= 0.6 is 15.9 Å². The zero-order valence-electron chi connectivity index (χ0n) is 13.4. The lowest BCUT2D eigenvalue weighted by Crippen LogP contribution is -2.24. The molecule has 0 unspecified atom stereocenters. The molecule has 3 nitrogen and oxygen atoms in total. The third-order valence-corrected chi connectivity index (χ3v) is 4.25. The normalized spacial score (nSPS) is 18.4. The molecule has 0 fully saturated rings. The molecule has 1 aromatic rings. The minimum atomic E-state index is 0.00595. The van der Waals surface area contributed by atoms with Gasteiger partial charge in [0.2, 0.25) is 0 Å². The van der Waals surface area contributed by atoms with E-state index in [1.807, 2.05) is 6.20 Å². The van der Waals surface area contributed by atoms with Crippen LogP contribution in [0.3, 0.4) is 0 Å². The molecular weight excluding hydrogens is 328 g/mol. The van der Waals surface area contributed by atoms with Gasteiger partial charge in [-0.25, -0.2) is 4.98 Å². The predicted molar refractivity (Wildman–Crippen MR) is 90.4 cm³/mol. The van der Waals surface area contributed by atoms with E-state index in [4.69, 9.17) is 0 Å². The second-order valence-corrected chi connectivity index (χ2v) is 8.44. The highest BCUT2D eigenvalue weighted by Crippen LogP contribution is 2.35. The molecule has 1 aliphatic carbocycles. The Morgan fingerprint density at radius 1 is 1.29 bits per heavy atom. The van der Waals surface area contributed by atoms with Crippen molar-refractivity contribution in [3.05, 3.63) is 34.1 Å². The summed E-state index contributed by atoms with van der Waals surface area (Å²) in [6, 6.07) is 2.09. The quantitative estimate of drug-likeness (QED) is 0.830. The zero-order valence-corrected chi connectivity index (χ0v) is 15.0. The molecule has 0 aliphatic heterocycles. The molecule has 0 radical (unpaired) electrons. The van der Waals surface area contributed by atoms with Gasteiger partial charge in [-0.1, -0.05) is 34.6 Å². The summed E-state index contributed by atoms with van der Waals surface area (Å²) < 4.78 is 0.923. The van der Waals surface area contributed by atoms with Crippen LogP contribution in [-0.4, -0.2) is 10.8 Å². The lowest BCUT2D eigenvalue weighted by atomic mass is 9.79. The first-order valence-electron chi connectivity index (χ1n) is 7.23. The minimum absolute atomic E-state index is 0.00595. The summed E-state index contributed by atoms with van der Waals surface area (Å²) in [5.74, 6) is 0.941. The van der Waals surface area contributed by atoms with E-state index in [-0.39, 0.29) is 16.6 Å². The topological polar surface area (TPSA) is 42.0 Å². The predicted octanol–water partition coefficient (Wildman–Crippen LogP) is 4.83. The number of halogens is 1. The number of aromatic nitrogens is 1. The van der Waals surface area contributed by atoms with E-state index in [9.17, 15) is 4.79 Å². The Balaban J connectivity index is 2.23. The molecule has 2 rings (SSSR count). The largest absolute Gasteiger partial charge is 0.343 e. The number of pyridine rings is 1. The molecule has 4 heteroatoms. The van der Waals surface area contributed by atoms with Gasteiger partial charge in [-0.15, -0.1) is 0 Å². The molecule has 1 heterocycles. The zero-order chi connectivity index (χ0) is 15.8. The van der Waals surface area contributed by atoms with Crippen molar-refractivity contribution in [3.8, 4) is 0 Å². The van der Waals surface area contributed by atoms with Crippen molar-refractivity contribution < 1.29 is 4.79 Å². The first kappa shape index (κ1) is 16.2. The van der Waals surface area contributed by atoms with E-state index >= 15 is 0 Å². The van der Waals surface area contributed by atoms with Gasteiger partial charge in [-0.05, 0) is 44.8 Å². The molecule has 0 amide bonds. The SMILES string of the molecule is CC1(C)CC(=O)C=C(Nc2ncc(C(C)(C)C)cc2Br)C1. The Bertz CT molecular complexity index is 597. The summed E-state index contributed by atoms with van der Waals surface area (Å²) in [5.41, 5.74) is 2.18. The molecule has 114 valence electrons. The lowest BCUT2D eigenvalue weighted by Gasteiger charge is -2.29. The van der Waals surface area contributed by atoms with Crippen molar-refractivity contribution >= 4 is 27.5 Å². The van der Waals surface area contributed by atoms with Crippen LogP contribution in [0.2, 0.25) is 0 Å². The number of carbonyl (C=O) groups excluding carboxylic acids is 1. The average Bonchev–Trinajstić information content (AvgIpc) is 2.27. The first-order chi connectivity index (χ1) is 9.57. The molecule has 0 saturated heterocycles. The third kappa shape index (κ3) is 4.16. The summed E-state index contributed by atoms with van der Waals surface area (Å²) in [7, 11) is 0. The van der Waals surface area contributed by atoms with Crippen LogP contribution in [0, 0.1) is 5.41 Å². The number of allylic oxidation sites excluding steroid dienone is 2. The van der Waals surface area contributed by atoms with Crippen LogP contribution in [0.1, 0.15) is 53.0 Å². The Hall–Kier alpha value is -1.16. The molecule has 1 aromatic heterocycles. The Labute approximate surface area is 135 Å². The minimum Gasteiger partial charge on any atom is -0.343 e. The van der Waals surface area contributed by atoms with Gasteiger partial charge in [0.15, 0.2) is 5.78 Å². The van der Waals surface area contributed by atoms with E-state index in [2.05, 4.69) is 66.9 Å². The summed E-state index contributed by atoms with van der Waals surface area (Å²) in [5, 5.41) is 3.30. The van der Waals surface area contributed by atoms with E-state index in [0.29, 0.717) is 6.42 Å². The second kappa shape index (κ2) is 5.56. The molecule has 1 N–H and O–H groups in total. The van der Waals surface area contributed by atoms with Gasteiger partial charge >= 0.3 is 0 Å². The second-order valence-electron chi connectivity index (χ2n) is 7.58. The number of anilines is 1. The van der Waals surface area contributed by atoms with Gasteiger partial charge in [-0.2, -0.15) is 0 Å². The number of hydrogen-bond acceptors (Lipinski definition) is 3. The maximum absolute atomic E-state index is 11.8. The molecule has 0 atom stereocenters. The van der Waals surface area contributed by atoms with Crippen LogP contribution in [0.25, 0.3) is 0 Å². The van der Waals surface area contributed by atoms with Gasteiger partial charge in [0.25, 0.3) is 0 Å². The summed E-state index contributed by atoms with van der Waals surface area (Å²) in [6.45, 7) is 10.7. The Morgan fingerprint density at radius 2 is 1.95 bits per heavy atom. The van der Waals surface area contributed by atoms with Crippen LogP contribution < -0.4 is 5.32 Å². The Morgan fingerprint density at radius 3 is 2.48 bits per heavy atom. The van der Waals surface area contributed by atoms with Gasteiger partial charge in [-0.3, -0.25) is 4.79 Å². The smallest absolute Gasteiger partial charge is 0.157 e. The van der Waals surface area contributed by atoms with Gasteiger partial charge in [0.1, 0.15) is 5.82 Å². The molecule has 21 heavy (non-hydrogen) atoms. The monoisotopic (exact) mass is 350 g/mol. The molecule has 1 aliphatic rings. The number of nitrogens with zero attached hydrogens (tertiary/aromatic N) is 1. The Kier molecular flexibility index (Phi) is 4.29. The molecule has 0 saturated carbocycles. The van der Waals surface area contributed by atoms with Crippen molar-refractivity contribution in [1.82, 2.24) is 4.98 Å². The van der Waals surface area contributed by atoms with E-state index in [1.54, 1.807) is 6.08 Å². The maximum Gasteiger partial charge on any atom is 0.157 e. The molecule has 0 aromatic carbocycles. The fraction of sp³-hybridized carbons (Fsp3) is 0.529. The summed E-state index contributed by atoms with van der Waals surface area (Å²) >= 11 is 3.57. The summed E-state index contributed by atoms with van der Waals surface area (Å²) in [4.78, 5) is 16.3. The molecule has 0 bridgehead atoms. The number of rotatable bonds is 2. The highest BCUT2D eigenvalue weighted by Gasteiger charge is 2.28. The summed E-state index contributed by atoms with van der Waals surface area (Å²) in [6.07, 6.45) is 5.06. The van der Waals surface area contributed by atoms with Gasteiger partial charge in [0.05, 0.1) is 4.47 Å². The fourth-order valence-corrected chi connectivity index (χ4v) is 2.97. The van der Waals surface area contributed by atoms with Crippen molar-refractivity contribution in [3.63, 3.8) is 0 Å². The first-order valence-corrected chi connectivity index (χ1v) is 8.03. The molecule has 0 spiro atoms. The highest BCUT2D eigenvalue weighted by molar-refractivity contribution is 9.10. The number of ketones is 1. The van der Waals surface area contributed by atoms with Crippen molar-refractivity contribution in [2.45, 2.75) is 52.9 Å². The van der Waals surface area contributed by atoms with E-state index in [1.165, 1.54) is 5.56 Å². The van der Waals surface area contributed by atoms with Crippen molar-refractivity contribution in [2.75, 3.05) is 5.32 Å².